The number of anilines is 1. The van der Waals surface area contributed by atoms with E-state index in [1.165, 1.54) is 16.2 Å². The van der Waals surface area contributed by atoms with E-state index in [0.29, 0.717) is 15.7 Å². The van der Waals surface area contributed by atoms with Gasteiger partial charge < -0.3 is 10.2 Å². The van der Waals surface area contributed by atoms with Gasteiger partial charge in [-0.25, -0.2) is 4.98 Å². The van der Waals surface area contributed by atoms with E-state index in [2.05, 4.69) is 10.3 Å². The number of amides is 2. The number of nitrogens with one attached hydrogen (secondary N) is 1. The third-order valence-corrected chi connectivity index (χ3v) is 3.21. The molecule has 0 atom stereocenters. The molecule has 6 heteroatoms. The van der Waals surface area contributed by atoms with E-state index in [1.807, 2.05) is 13.8 Å². The predicted molar refractivity (Wildman–Crippen MR) is 68.3 cm³/mol. The number of aromatic nitrogens is 1. The molecule has 94 valence electrons. The summed E-state index contributed by atoms with van der Waals surface area (Å²) in [5, 5.41) is 3.17. The van der Waals surface area contributed by atoms with Crippen molar-refractivity contribution in [2.75, 3.05) is 19.4 Å². The van der Waals surface area contributed by atoms with Gasteiger partial charge in [0.05, 0.1) is 5.69 Å². The molecule has 0 unspecified atom stereocenters. The van der Waals surface area contributed by atoms with Crippen molar-refractivity contribution in [2.24, 2.45) is 5.92 Å². The maximum Gasteiger partial charge on any atom is 0.265 e. The van der Waals surface area contributed by atoms with Crippen LogP contribution in [0.3, 0.4) is 0 Å². The Kier molecular flexibility index (Phi) is 4.22. The molecule has 0 aliphatic heterocycles. The molecule has 1 N–H and O–H groups in total. The van der Waals surface area contributed by atoms with E-state index < -0.39 is 0 Å². The van der Waals surface area contributed by atoms with Gasteiger partial charge in [0.1, 0.15) is 4.88 Å². The molecule has 0 radical (unpaired) electrons. The summed E-state index contributed by atoms with van der Waals surface area (Å²) in [6.07, 6.45) is 0. The van der Waals surface area contributed by atoms with Crippen molar-refractivity contribution in [3.05, 3.63) is 10.6 Å². The number of hydrogen-bond donors (Lipinski definition) is 1. The first-order valence-corrected chi connectivity index (χ1v) is 6.14. The lowest BCUT2D eigenvalue weighted by molar-refractivity contribution is -0.118. The highest BCUT2D eigenvalue weighted by Crippen LogP contribution is 2.23. The fourth-order valence-electron chi connectivity index (χ4n) is 1.10. The highest BCUT2D eigenvalue weighted by molar-refractivity contribution is 7.17. The zero-order chi connectivity index (χ0) is 13.2. The van der Waals surface area contributed by atoms with Crippen LogP contribution in [-0.2, 0) is 4.79 Å². The summed E-state index contributed by atoms with van der Waals surface area (Å²) in [4.78, 5) is 29.5. The van der Waals surface area contributed by atoms with Crippen LogP contribution in [-0.4, -0.2) is 35.8 Å². The molecule has 0 aromatic carbocycles. The molecule has 0 bridgehead atoms. The number of carbonyl (C=O) groups is 2. The summed E-state index contributed by atoms with van der Waals surface area (Å²) in [6.45, 7) is 5.38. The Morgan fingerprint density at radius 3 is 2.41 bits per heavy atom. The monoisotopic (exact) mass is 255 g/mol. The van der Waals surface area contributed by atoms with Gasteiger partial charge in [-0.3, -0.25) is 9.59 Å². The fraction of sp³-hybridized carbons (Fsp3) is 0.545. The molecule has 1 heterocycles. The van der Waals surface area contributed by atoms with Crippen LogP contribution in [0.2, 0.25) is 0 Å². The second kappa shape index (κ2) is 5.27. The second-order valence-electron chi connectivity index (χ2n) is 4.28. The Hall–Kier alpha value is -1.43. The van der Waals surface area contributed by atoms with Gasteiger partial charge in [0.15, 0.2) is 5.13 Å². The standard InChI is InChI=1S/C11H17N3O2S/c1-6(2)9(15)13-11-12-7(3)8(17-11)10(16)14(4)5/h6H,1-5H3,(H,12,13,15). The lowest BCUT2D eigenvalue weighted by Gasteiger charge is -2.07. The highest BCUT2D eigenvalue weighted by atomic mass is 32.1. The smallest absolute Gasteiger partial charge is 0.265 e. The van der Waals surface area contributed by atoms with Crippen molar-refractivity contribution in [2.45, 2.75) is 20.8 Å². The third kappa shape index (κ3) is 3.26. The Morgan fingerprint density at radius 1 is 1.35 bits per heavy atom. The number of rotatable bonds is 3. The molecule has 0 aliphatic carbocycles. The lowest BCUT2D eigenvalue weighted by Crippen LogP contribution is -2.21. The normalized spacial score (nSPS) is 10.5. The molecule has 0 spiro atoms. The topological polar surface area (TPSA) is 62.3 Å². The van der Waals surface area contributed by atoms with Crippen molar-refractivity contribution in [1.82, 2.24) is 9.88 Å². The number of nitrogens with zero attached hydrogens (tertiary/aromatic N) is 2. The summed E-state index contributed by atoms with van der Waals surface area (Å²) >= 11 is 1.21. The fourth-order valence-corrected chi connectivity index (χ4v) is 2.09. The molecule has 0 aliphatic rings. The highest BCUT2D eigenvalue weighted by Gasteiger charge is 2.18. The minimum atomic E-state index is -0.104. The average Bonchev–Trinajstić information content (AvgIpc) is 2.57. The van der Waals surface area contributed by atoms with E-state index in [9.17, 15) is 9.59 Å². The summed E-state index contributed by atoms with van der Waals surface area (Å²) in [5.41, 5.74) is 0.646. The van der Waals surface area contributed by atoms with Gasteiger partial charge in [0.2, 0.25) is 5.91 Å². The molecular weight excluding hydrogens is 238 g/mol. The first-order valence-electron chi connectivity index (χ1n) is 5.33. The van der Waals surface area contributed by atoms with Gasteiger partial charge in [-0.05, 0) is 6.92 Å². The minimum absolute atomic E-state index is 0.0926. The van der Waals surface area contributed by atoms with Crippen LogP contribution >= 0.6 is 11.3 Å². The first-order chi connectivity index (χ1) is 7.82. The van der Waals surface area contributed by atoms with Crippen molar-refractivity contribution >= 4 is 28.3 Å². The zero-order valence-corrected chi connectivity index (χ0v) is 11.5. The van der Waals surface area contributed by atoms with E-state index in [-0.39, 0.29) is 17.7 Å². The number of hydrogen-bond acceptors (Lipinski definition) is 4. The molecule has 1 rings (SSSR count). The molecular formula is C11H17N3O2S. The van der Waals surface area contributed by atoms with Gasteiger partial charge in [0.25, 0.3) is 5.91 Å². The minimum Gasteiger partial charge on any atom is -0.344 e. The number of thiazole rings is 1. The van der Waals surface area contributed by atoms with Crippen LogP contribution < -0.4 is 5.32 Å². The molecule has 17 heavy (non-hydrogen) atoms. The van der Waals surface area contributed by atoms with Crippen LogP contribution in [0.5, 0.6) is 0 Å². The molecule has 1 aromatic heterocycles. The van der Waals surface area contributed by atoms with E-state index in [4.69, 9.17) is 0 Å². The van der Waals surface area contributed by atoms with Crippen molar-refractivity contribution in [1.29, 1.82) is 0 Å². The van der Waals surface area contributed by atoms with Gasteiger partial charge in [0, 0.05) is 20.0 Å². The predicted octanol–water partition coefficient (Wildman–Crippen LogP) is 1.75. The molecule has 0 saturated carbocycles. The van der Waals surface area contributed by atoms with Crippen LogP contribution in [0.4, 0.5) is 5.13 Å². The van der Waals surface area contributed by atoms with Gasteiger partial charge >= 0.3 is 0 Å². The van der Waals surface area contributed by atoms with E-state index in [0.717, 1.165) is 0 Å². The van der Waals surface area contributed by atoms with Gasteiger partial charge in [-0.2, -0.15) is 0 Å². The van der Waals surface area contributed by atoms with E-state index >= 15 is 0 Å². The van der Waals surface area contributed by atoms with Crippen LogP contribution in [0.25, 0.3) is 0 Å². The molecule has 1 aromatic rings. The van der Waals surface area contributed by atoms with Crippen LogP contribution in [0.1, 0.15) is 29.2 Å². The maximum absolute atomic E-state index is 11.8. The SMILES string of the molecule is Cc1nc(NC(=O)C(C)C)sc1C(=O)N(C)C. The Balaban J connectivity index is 2.89. The Labute approximate surface area is 105 Å². The van der Waals surface area contributed by atoms with Gasteiger partial charge in [-0.1, -0.05) is 25.2 Å². The molecule has 5 nitrogen and oxygen atoms in total. The Bertz CT molecular complexity index is 438. The third-order valence-electron chi connectivity index (χ3n) is 2.15. The summed E-state index contributed by atoms with van der Waals surface area (Å²) in [6, 6.07) is 0. The quantitative estimate of drug-likeness (QED) is 0.895. The van der Waals surface area contributed by atoms with E-state index in [1.54, 1.807) is 21.0 Å². The van der Waals surface area contributed by atoms with Crippen molar-refractivity contribution in [3.63, 3.8) is 0 Å². The van der Waals surface area contributed by atoms with Crippen molar-refractivity contribution < 1.29 is 9.59 Å². The summed E-state index contributed by atoms with van der Waals surface area (Å²) in [5.74, 6) is -0.292. The van der Waals surface area contributed by atoms with Crippen LogP contribution in [0, 0.1) is 12.8 Å². The maximum atomic E-state index is 11.8. The molecule has 0 fully saturated rings. The van der Waals surface area contributed by atoms with Crippen LogP contribution in [0.15, 0.2) is 0 Å². The average molecular weight is 255 g/mol. The molecule has 0 saturated heterocycles. The Morgan fingerprint density at radius 2 is 1.94 bits per heavy atom. The lowest BCUT2D eigenvalue weighted by atomic mass is 10.2. The largest absolute Gasteiger partial charge is 0.344 e. The number of carbonyl (C=O) groups excluding carboxylic acids is 2. The summed E-state index contributed by atoms with van der Waals surface area (Å²) < 4.78 is 0. The van der Waals surface area contributed by atoms with Crippen molar-refractivity contribution in [3.8, 4) is 0 Å². The zero-order valence-electron chi connectivity index (χ0n) is 10.7. The van der Waals surface area contributed by atoms with Gasteiger partial charge in [-0.15, -0.1) is 0 Å². The summed E-state index contributed by atoms with van der Waals surface area (Å²) in [7, 11) is 3.38. The number of aryl methyl sites for hydroxylation is 1. The second-order valence-corrected chi connectivity index (χ2v) is 5.28. The first kappa shape index (κ1) is 13.6. The molecule has 2 amide bonds.